The Labute approximate surface area is 267 Å². The van der Waals surface area contributed by atoms with Crippen molar-refractivity contribution in [2.75, 3.05) is 19.1 Å². The van der Waals surface area contributed by atoms with Gasteiger partial charge in [0.25, 0.3) is 11.8 Å². The molecule has 2 saturated heterocycles. The Hall–Kier alpha value is -4.92. The summed E-state index contributed by atoms with van der Waals surface area (Å²) in [5.41, 5.74) is 5.01. The number of rotatable bonds is 7. The molecular weight excluding hydrogens is 582 g/mol. The minimum Gasteiger partial charge on any atom is -0.508 e. The van der Waals surface area contributed by atoms with Crippen LogP contribution in [-0.4, -0.2) is 52.3 Å². The molecule has 2 aliphatic heterocycles. The topological polar surface area (TPSA) is 116 Å². The van der Waals surface area contributed by atoms with Gasteiger partial charge in [-0.05, 0) is 61.9 Å². The van der Waals surface area contributed by atoms with E-state index in [1.54, 1.807) is 18.2 Å². The minimum atomic E-state index is -1.48. The summed E-state index contributed by atoms with van der Waals surface area (Å²) >= 11 is 0. The number of carbonyl (C=O) groups excluding carboxylic acids is 4. The average Bonchev–Trinajstić information content (AvgIpc) is 3.43. The molecule has 0 unspecified atom stereocenters. The van der Waals surface area contributed by atoms with Crippen LogP contribution >= 0.6 is 0 Å². The summed E-state index contributed by atoms with van der Waals surface area (Å²) in [6, 6.07) is 21.6. The van der Waals surface area contributed by atoms with Crippen molar-refractivity contribution in [1.29, 1.82) is 0 Å². The number of anilines is 1. The van der Waals surface area contributed by atoms with Crippen LogP contribution in [-0.2, 0) is 24.6 Å². The molecule has 0 radical (unpaired) electrons. The molecule has 236 valence electrons. The second-order valence-corrected chi connectivity index (χ2v) is 12.8. The lowest BCUT2D eigenvalue weighted by Gasteiger charge is -2.50. The van der Waals surface area contributed by atoms with Gasteiger partial charge < -0.3 is 9.84 Å². The van der Waals surface area contributed by atoms with Crippen LogP contribution in [0, 0.1) is 30.6 Å². The number of ether oxygens (including phenoxy) is 1. The molecule has 46 heavy (non-hydrogen) atoms. The molecule has 9 nitrogen and oxygen atoms in total. The lowest BCUT2D eigenvalue weighted by molar-refractivity contribution is -0.141. The molecule has 0 spiro atoms. The lowest BCUT2D eigenvalue weighted by Crippen LogP contribution is -2.53. The van der Waals surface area contributed by atoms with E-state index in [0.717, 1.165) is 16.1 Å². The summed E-state index contributed by atoms with van der Waals surface area (Å²) < 4.78 is 5.82. The number of methoxy groups -OCH3 is 1. The molecule has 1 saturated carbocycles. The number of imide groups is 2. The Morgan fingerprint density at radius 2 is 1.65 bits per heavy atom. The van der Waals surface area contributed by atoms with Crippen LogP contribution < -0.4 is 10.2 Å². The van der Waals surface area contributed by atoms with Crippen molar-refractivity contribution in [2.24, 2.45) is 23.7 Å². The van der Waals surface area contributed by atoms with Crippen LogP contribution in [0.15, 0.2) is 84.4 Å². The number of hydrogen-bond donors (Lipinski definition) is 2. The number of nitrogens with one attached hydrogen (secondary N) is 1. The molecule has 0 bridgehead atoms. The molecular formula is C37H37N3O6. The molecule has 3 aromatic rings. The number of aryl methyl sites for hydroxylation is 1. The van der Waals surface area contributed by atoms with E-state index in [1.807, 2.05) is 74.5 Å². The Kier molecular flexibility index (Phi) is 7.22. The van der Waals surface area contributed by atoms with E-state index >= 15 is 4.79 Å². The van der Waals surface area contributed by atoms with Gasteiger partial charge in [-0.15, -0.1) is 0 Å². The van der Waals surface area contributed by atoms with Crippen molar-refractivity contribution < 1.29 is 29.0 Å². The summed E-state index contributed by atoms with van der Waals surface area (Å²) in [7, 11) is 1.51. The van der Waals surface area contributed by atoms with Gasteiger partial charge in [-0.1, -0.05) is 72.7 Å². The fourth-order valence-corrected chi connectivity index (χ4v) is 8.57. The van der Waals surface area contributed by atoms with Crippen molar-refractivity contribution in [1.82, 2.24) is 9.91 Å². The molecule has 4 aliphatic rings. The van der Waals surface area contributed by atoms with E-state index in [2.05, 4.69) is 5.43 Å². The maximum absolute atomic E-state index is 15.2. The highest BCUT2D eigenvalue weighted by molar-refractivity contribution is 6.13. The Bertz CT molecular complexity index is 1770. The van der Waals surface area contributed by atoms with E-state index in [9.17, 15) is 19.5 Å². The van der Waals surface area contributed by atoms with Gasteiger partial charge in [-0.25, -0.2) is 0 Å². The van der Waals surface area contributed by atoms with E-state index in [4.69, 9.17) is 4.74 Å². The fraction of sp³-hybridized carbons (Fsp3) is 0.351. The van der Waals surface area contributed by atoms with Gasteiger partial charge in [-0.2, -0.15) is 5.01 Å². The first-order valence-electron chi connectivity index (χ1n) is 15.9. The number of benzene rings is 3. The number of phenolic OH excluding ortho intramolecular Hbond substituents is 1. The van der Waals surface area contributed by atoms with Crippen molar-refractivity contribution >= 4 is 29.3 Å². The molecule has 2 heterocycles. The van der Waals surface area contributed by atoms with Crippen LogP contribution in [0.1, 0.15) is 48.8 Å². The largest absolute Gasteiger partial charge is 0.508 e. The number of likely N-dealkylation sites (tertiary alicyclic amines) is 1. The van der Waals surface area contributed by atoms with Gasteiger partial charge in [0.15, 0.2) is 0 Å². The molecule has 9 heteroatoms. The number of hydrazine groups is 1. The predicted molar refractivity (Wildman–Crippen MR) is 170 cm³/mol. The first-order chi connectivity index (χ1) is 22.2. The Morgan fingerprint density at radius 1 is 0.913 bits per heavy atom. The van der Waals surface area contributed by atoms with E-state index in [0.29, 0.717) is 42.0 Å². The van der Waals surface area contributed by atoms with E-state index in [-0.39, 0.29) is 24.0 Å². The molecule has 2 aliphatic carbocycles. The van der Waals surface area contributed by atoms with Crippen molar-refractivity contribution in [3.8, 4) is 11.5 Å². The number of amides is 4. The highest BCUT2D eigenvalue weighted by Gasteiger charge is 2.71. The highest BCUT2D eigenvalue weighted by Crippen LogP contribution is 2.65. The van der Waals surface area contributed by atoms with Gasteiger partial charge in [-0.3, -0.25) is 29.5 Å². The second-order valence-electron chi connectivity index (χ2n) is 12.8. The van der Waals surface area contributed by atoms with Crippen molar-refractivity contribution in [3.05, 3.63) is 101 Å². The molecule has 7 rings (SSSR count). The molecule has 3 fully saturated rings. The highest BCUT2D eigenvalue weighted by atomic mass is 16.5. The summed E-state index contributed by atoms with van der Waals surface area (Å²) in [4.78, 5) is 58.7. The smallest absolute Gasteiger partial charge is 0.260 e. The van der Waals surface area contributed by atoms with Crippen LogP contribution in [0.4, 0.5) is 5.69 Å². The van der Waals surface area contributed by atoms with Crippen molar-refractivity contribution in [3.63, 3.8) is 0 Å². The molecule has 0 aromatic heterocycles. The Balaban J connectivity index is 1.48. The Morgan fingerprint density at radius 3 is 2.35 bits per heavy atom. The van der Waals surface area contributed by atoms with Crippen LogP contribution in [0.25, 0.3) is 0 Å². The maximum Gasteiger partial charge on any atom is 0.260 e. The van der Waals surface area contributed by atoms with Crippen LogP contribution in [0.5, 0.6) is 11.5 Å². The number of carbonyl (C=O) groups is 4. The standard InChI is InChI=1S/C37H37N3O6/c1-4-19-39-33(42)25-18-17-24-26(30(25)35(39)44)20-27-34(43)40(38-23-15-13-21(2)14-16-23)36(45)37(27,22-9-6-5-7-10-22)32(24)31-28(41)11-8-12-29(31)46-3/h5-17,25-27,30,32,38,41H,4,18-20H2,1-3H3/t25-,26+,27-,30-,32+,37+/m0/s1. The number of aromatic hydroxyl groups is 1. The number of allylic oxidation sites excluding steroid dienone is 2. The SMILES string of the molecule is CCCN1C(=O)[C@H]2[C@H](CC=C3[C@H]2C[C@H]2C(=O)N(Nc4ccc(C)cc4)C(=O)[C@@]2(c2ccccc2)[C@H]3c2c(O)cccc2OC)C1=O. The van der Waals surface area contributed by atoms with Gasteiger partial charge in [0.1, 0.15) is 11.5 Å². The van der Waals surface area contributed by atoms with Gasteiger partial charge in [0.2, 0.25) is 11.8 Å². The first-order valence-corrected chi connectivity index (χ1v) is 15.9. The lowest BCUT2D eigenvalue weighted by atomic mass is 9.49. The molecule has 3 aromatic carbocycles. The zero-order valence-corrected chi connectivity index (χ0v) is 26.1. The van der Waals surface area contributed by atoms with Crippen LogP contribution in [0.3, 0.4) is 0 Å². The minimum absolute atomic E-state index is 0.0753. The number of fused-ring (bicyclic) bond motifs is 4. The molecule has 2 N–H and O–H groups in total. The average molecular weight is 620 g/mol. The fourth-order valence-electron chi connectivity index (χ4n) is 8.57. The van der Waals surface area contributed by atoms with Gasteiger partial charge >= 0.3 is 0 Å². The summed E-state index contributed by atoms with van der Waals surface area (Å²) in [6.45, 7) is 4.23. The predicted octanol–water partition coefficient (Wildman–Crippen LogP) is 5.10. The maximum atomic E-state index is 15.2. The number of hydrogen-bond acceptors (Lipinski definition) is 7. The normalized spacial score (nSPS) is 28.5. The molecule has 4 amide bonds. The van der Waals surface area contributed by atoms with E-state index in [1.165, 1.54) is 12.0 Å². The van der Waals surface area contributed by atoms with E-state index < -0.39 is 46.8 Å². The summed E-state index contributed by atoms with van der Waals surface area (Å²) in [6.07, 6.45) is 3.16. The summed E-state index contributed by atoms with van der Waals surface area (Å²) in [5, 5.41) is 12.7. The second kappa shape index (κ2) is 11.2. The number of phenols is 1. The summed E-state index contributed by atoms with van der Waals surface area (Å²) in [5.74, 6) is -4.43. The monoisotopic (exact) mass is 619 g/mol. The molecule has 6 atom stereocenters. The quantitative estimate of drug-likeness (QED) is 0.279. The zero-order valence-electron chi connectivity index (χ0n) is 26.1. The zero-order chi connectivity index (χ0) is 32.3. The third kappa shape index (κ3) is 4.13. The third-order valence-corrected chi connectivity index (χ3v) is 10.5. The first kappa shape index (κ1) is 29.8. The van der Waals surface area contributed by atoms with Crippen LogP contribution in [0.2, 0.25) is 0 Å². The van der Waals surface area contributed by atoms with Gasteiger partial charge in [0, 0.05) is 18.0 Å². The third-order valence-electron chi connectivity index (χ3n) is 10.5. The van der Waals surface area contributed by atoms with Gasteiger partial charge in [0.05, 0.1) is 36.0 Å². The number of nitrogens with zero attached hydrogens (tertiary/aromatic N) is 2. The van der Waals surface area contributed by atoms with Crippen molar-refractivity contribution in [2.45, 2.75) is 44.4 Å².